The van der Waals surface area contributed by atoms with Crippen molar-refractivity contribution in [3.63, 3.8) is 0 Å². The molecular weight excluding hydrogens is 331 g/mol. The molecule has 0 fully saturated rings. The average Bonchev–Trinajstić information content (AvgIpc) is 2.41. The molecule has 0 radical (unpaired) electrons. The zero-order valence-corrected chi connectivity index (χ0v) is 14.6. The molecule has 1 rings (SSSR count). The van der Waals surface area contributed by atoms with Crippen molar-refractivity contribution >= 4 is 17.9 Å². The summed E-state index contributed by atoms with van der Waals surface area (Å²) in [5.41, 5.74) is 0. The van der Waals surface area contributed by atoms with Gasteiger partial charge in [-0.05, 0) is 44.5 Å². The quantitative estimate of drug-likeness (QED) is 0.471. The number of phosphoric ester groups is 1. The minimum absolute atomic E-state index is 0.0604. The summed E-state index contributed by atoms with van der Waals surface area (Å²) < 4.78 is 55.4. The summed E-state index contributed by atoms with van der Waals surface area (Å²) in [6.07, 6.45) is 0.468. The van der Waals surface area contributed by atoms with Gasteiger partial charge in [0.2, 0.25) is 0 Å². The molecule has 0 aliphatic rings. The number of benzene rings is 1. The van der Waals surface area contributed by atoms with Gasteiger partial charge < -0.3 is 8.71 Å². The van der Waals surface area contributed by atoms with Crippen molar-refractivity contribution in [3.05, 3.63) is 24.3 Å². The first-order valence-electron chi connectivity index (χ1n) is 6.95. The lowest BCUT2D eigenvalue weighted by Crippen LogP contribution is -2.12. The molecule has 0 aliphatic carbocycles. The van der Waals surface area contributed by atoms with Crippen LogP contribution in [0.1, 0.15) is 27.2 Å². The van der Waals surface area contributed by atoms with Crippen LogP contribution in [0.4, 0.5) is 0 Å². The summed E-state index contributed by atoms with van der Waals surface area (Å²) in [7, 11) is -7.26. The lowest BCUT2D eigenvalue weighted by molar-refractivity contribution is 0.167. The molecule has 0 aromatic heterocycles. The molecule has 0 bridgehead atoms. The molecule has 0 saturated carbocycles. The average molecular weight is 352 g/mol. The molecule has 7 nitrogen and oxygen atoms in total. The number of hydrogen-bond acceptors (Lipinski definition) is 7. The van der Waals surface area contributed by atoms with Crippen molar-refractivity contribution in [1.29, 1.82) is 0 Å². The van der Waals surface area contributed by atoms with Gasteiger partial charge in [0.05, 0.1) is 19.0 Å². The van der Waals surface area contributed by atoms with Crippen molar-refractivity contribution in [1.82, 2.24) is 0 Å². The van der Waals surface area contributed by atoms with E-state index in [1.54, 1.807) is 20.8 Å². The van der Waals surface area contributed by atoms with Crippen LogP contribution in [0.15, 0.2) is 24.3 Å². The molecule has 1 aromatic rings. The first-order chi connectivity index (χ1) is 10.3. The Bertz CT molecular complexity index is 587. The highest BCUT2D eigenvalue weighted by molar-refractivity contribution is 7.87. The molecule has 0 unspecified atom stereocenters. The van der Waals surface area contributed by atoms with Crippen LogP contribution in [0, 0.1) is 0 Å². The van der Waals surface area contributed by atoms with Crippen molar-refractivity contribution in [3.8, 4) is 11.5 Å². The largest absolute Gasteiger partial charge is 0.530 e. The normalized spacial score (nSPS) is 12.1. The van der Waals surface area contributed by atoms with E-state index >= 15 is 0 Å². The SMILES string of the molecule is CCCS(=O)(=O)Oc1ccc(OP(=O)(OCC)OCC)cc1. The number of phosphoric acid groups is 1. The summed E-state index contributed by atoms with van der Waals surface area (Å²) in [6.45, 7) is 5.44. The van der Waals surface area contributed by atoms with Crippen LogP contribution in [0.25, 0.3) is 0 Å². The molecule has 9 heteroatoms. The Morgan fingerprint density at radius 3 is 1.91 bits per heavy atom. The Morgan fingerprint density at radius 1 is 0.955 bits per heavy atom. The summed E-state index contributed by atoms with van der Waals surface area (Å²) in [5.74, 6) is 0.323. The highest BCUT2D eigenvalue weighted by atomic mass is 32.2. The van der Waals surface area contributed by atoms with Crippen molar-refractivity contribution in [2.75, 3.05) is 19.0 Å². The van der Waals surface area contributed by atoms with Crippen LogP contribution >= 0.6 is 7.82 Å². The van der Waals surface area contributed by atoms with E-state index in [-0.39, 0.29) is 30.5 Å². The van der Waals surface area contributed by atoms with Gasteiger partial charge in [-0.2, -0.15) is 8.42 Å². The van der Waals surface area contributed by atoms with E-state index in [4.69, 9.17) is 17.8 Å². The maximum Gasteiger partial charge on any atom is 0.530 e. The van der Waals surface area contributed by atoms with Crippen molar-refractivity contribution in [2.45, 2.75) is 27.2 Å². The van der Waals surface area contributed by atoms with Gasteiger partial charge in [0.15, 0.2) is 0 Å². The Kier molecular flexibility index (Phi) is 7.35. The summed E-state index contributed by atoms with van der Waals surface area (Å²) in [4.78, 5) is 0. The third-order valence-corrected chi connectivity index (χ3v) is 5.23. The van der Waals surface area contributed by atoms with Crippen LogP contribution in [-0.2, 0) is 23.7 Å². The van der Waals surface area contributed by atoms with Gasteiger partial charge in [-0.25, -0.2) is 4.57 Å². The van der Waals surface area contributed by atoms with Crippen molar-refractivity contribution < 1.29 is 30.7 Å². The molecule has 126 valence electrons. The third-order valence-electron chi connectivity index (χ3n) is 2.29. The van der Waals surface area contributed by atoms with E-state index in [0.29, 0.717) is 6.42 Å². The van der Waals surface area contributed by atoms with Gasteiger partial charge >= 0.3 is 17.9 Å². The highest BCUT2D eigenvalue weighted by Crippen LogP contribution is 2.49. The molecule has 0 atom stereocenters. The zero-order valence-electron chi connectivity index (χ0n) is 12.9. The van der Waals surface area contributed by atoms with Gasteiger partial charge in [0.1, 0.15) is 11.5 Å². The second kappa shape index (κ2) is 8.53. The maximum atomic E-state index is 12.2. The first kappa shape index (κ1) is 19.0. The first-order valence-corrected chi connectivity index (χ1v) is 9.99. The molecule has 0 N–H and O–H groups in total. The lowest BCUT2D eigenvalue weighted by atomic mass is 10.3. The van der Waals surface area contributed by atoms with Crippen molar-refractivity contribution in [2.24, 2.45) is 0 Å². The van der Waals surface area contributed by atoms with E-state index in [1.165, 1.54) is 24.3 Å². The predicted octanol–water partition coefficient (Wildman–Crippen LogP) is 3.37. The van der Waals surface area contributed by atoms with Crippen LogP contribution in [0.5, 0.6) is 11.5 Å². The Hall–Kier alpha value is -1.08. The standard InChI is InChI=1S/C13H21O7PS/c1-4-11-22(15,16)20-13-9-7-12(8-10-13)19-21(14,17-5-2)18-6-3/h7-10H,4-6,11H2,1-3H3. The summed E-state index contributed by atoms with van der Waals surface area (Å²) in [6, 6.07) is 5.68. The second-order valence-electron chi connectivity index (χ2n) is 4.19. The van der Waals surface area contributed by atoms with Gasteiger partial charge in [-0.1, -0.05) is 6.92 Å². The van der Waals surface area contributed by atoms with Crippen LogP contribution in [-0.4, -0.2) is 27.4 Å². The van der Waals surface area contributed by atoms with E-state index in [9.17, 15) is 13.0 Å². The monoisotopic (exact) mass is 352 g/mol. The fourth-order valence-corrected chi connectivity index (χ4v) is 3.71. The summed E-state index contributed by atoms with van der Waals surface area (Å²) >= 11 is 0. The molecule has 1 aromatic carbocycles. The van der Waals surface area contributed by atoms with E-state index < -0.39 is 17.9 Å². The maximum absolute atomic E-state index is 12.2. The Morgan fingerprint density at radius 2 is 1.45 bits per heavy atom. The molecule has 0 saturated heterocycles. The minimum atomic E-state index is -3.67. The van der Waals surface area contributed by atoms with Gasteiger partial charge in [-0.15, -0.1) is 0 Å². The van der Waals surface area contributed by atoms with E-state index in [0.717, 1.165) is 0 Å². The predicted molar refractivity (Wildman–Crippen MR) is 82.6 cm³/mol. The fraction of sp³-hybridized carbons (Fsp3) is 0.538. The molecule has 0 spiro atoms. The molecule has 0 aliphatic heterocycles. The fourth-order valence-electron chi connectivity index (χ4n) is 1.53. The number of rotatable bonds is 10. The molecule has 22 heavy (non-hydrogen) atoms. The zero-order chi connectivity index (χ0) is 16.6. The summed E-state index contributed by atoms with van der Waals surface area (Å²) in [5, 5.41) is 0. The van der Waals surface area contributed by atoms with Crippen LogP contribution < -0.4 is 8.71 Å². The Balaban J connectivity index is 2.78. The molecule has 0 amide bonds. The highest BCUT2D eigenvalue weighted by Gasteiger charge is 2.27. The molecular formula is C13H21O7PS. The van der Waals surface area contributed by atoms with E-state index in [1.807, 2.05) is 0 Å². The van der Waals surface area contributed by atoms with Gasteiger partial charge in [0, 0.05) is 0 Å². The Labute approximate surface area is 131 Å². The molecule has 0 heterocycles. The van der Waals surface area contributed by atoms with Gasteiger partial charge in [-0.3, -0.25) is 9.05 Å². The third kappa shape index (κ3) is 6.36. The van der Waals surface area contributed by atoms with Crippen LogP contribution in [0.2, 0.25) is 0 Å². The van der Waals surface area contributed by atoms with Crippen LogP contribution in [0.3, 0.4) is 0 Å². The number of hydrogen-bond donors (Lipinski definition) is 0. The van der Waals surface area contributed by atoms with E-state index in [2.05, 4.69) is 0 Å². The second-order valence-corrected chi connectivity index (χ2v) is 7.47. The smallest absolute Gasteiger partial charge is 0.404 e. The lowest BCUT2D eigenvalue weighted by Gasteiger charge is -2.17. The topological polar surface area (TPSA) is 88.1 Å². The minimum Gasteiger partial charge on any atom is -0.404 e. The van der Waals surface area contributed by atoms with Gasteiger partial charge in [0.25, 0.3) is 0 Å².